The lowest BCUT2D eigenvalue weighted by Crippen LogP contribution is -2.37. The number of rotatable bonds is 2. The van der Waals surface area contributed by atoms with E-state index in [1.54, 1.807) is 18.9 Å². The monoisotopic (exact) mass is 253 g/mol. The van der Waals surface area contributed by atoms with Crippen molar-refractivity contribution in [2.45, 2.75) is 19.9 Å². The molecule has 1 amide bonds. The van der Waals surface area contributed by atoms with E-state index in [-0.39, 0.29) is 11.8 Å². The first kappa shape index (κ1) is 12.4. The molecule has 0 atom stereocenters. The Kier molecular flexibility index (Phi) is 3.22. The maximum absolute atomic E-state index is 11.6. The lowest BCUT2D eigenvalue weighted by molar-refractivity contribution is 0.0688. The van der Waals surface area contributed by atoms with Crippen LogP contribution in [0.4, 0.5) is 4.79 Å². The molecule has 18 heavy (non-hydrogen) atoms. The first-order chi connectivity index (χ1) is 8.54. The van der Waals surface area contributed by atoms with Crippen LogP contribution in [0.5, 0.6) is 0 Å². The minimum absolute atomic E-state index is 0.0796. The van der Waals surface area contributed by atoms with Gasteiger partial charge < -0.3 is 14.7 Å². The van der Waals surface area contributed by atoms with Crippen LogP contribution in [0.25, 0.3) is 0 Å². The molecular weight excluding hydrogens is 238 g/mol. The number of aromatic carboxylic acids is 1. The Balaban J connectivity index is 2.25. The van der Waals surface area contributed by atoms with Gasteiger partial charge in [0.15, 0.2) is 5.69 Å². The van der Waals surface area contributed by atoms with E-state index in [0.717, 1.165) is 5.69 Å². The van der Waals surface area contributed by atoms with Crippen LogP contribution in [0, 0.1) is 0 Å². The van der Waals surface area contributed by atoms with Crippen LogP contribution >= 0.6 is 0 Å². The SMILES string of the molecule is CCOC(=O)N1CCc2c(C(=O)O)nn(C)c2C1. The molecule has 2 heterocycles. The Hall–Kier alpha value is -2.05. The highest BCUT2D eigenvalue weighted by molar-refractivity contribution is 5.87. The summed E-state index contributed by atoms with van der Waals surface area (Å²) in [5.74, 6) is -1.03. The third kappa shape index (κ3) is 2.03. The van der Waals surface area contributed by atoms with Gasteiger partial charge in [0.05, 0.1) is 18.8 Å². The number of aromatic nitrogens is 2. The highest BCUT2D eigenvalue weighted by atomic mass is 16.6. The van der Waals surface area contributed by atoms with E-state index in [2.05, 4.69) is 5.10 Å². The molecule has 0 unspecified atom stereocenters. The average molecular weight is 253 g/mol. The second-order valence-corrected chi connectivity index (χ2v) is 4.07. The van der Waals surface area contributed by atoms with Gasteiger partial charge in [-0.25, -0.2) is 9.59 Å². The first-order valence-corrected chi connectivity index (χ1v) is 5.74. The molecular formula is C11H15N3O4. The van der Waals surface area contributed by atoms with Crippen molar-refractivity contribution < 1.29 is 19.4 Å². The lowest BCUT2D eigenvalue weighted by Gasteiger charge is -2.26. The normalized spacial score (nSPS) is 14.2. The highest BCUT2D eigenvalue weighted by Crippen LogP contribution is 2.22. The Labute approximate surface area is 104 Å². The standard InChI is InChI=1S/C11H15N3O4/c1-3-18-11(17)14-5-4-7-8(6-14)13(2)12-9(7)10(15)16/h3-6H2,1-2H3,(H,15,16). The summed E-state index contributed by atoms with van der Waals surface area (Å²) in [6.07, 6.45) is 0.116. The predicted molar refractivity (Wildman–Crippen MR) is 61.3 cm³/mol. The molecule has 1 aliphatic rings. The number of carbonyl (C=O) groups excluding carboxylic acids is 1. The van der Waals surface area contributed by atoms with Crippen molar-refractivity contribution in [2.24, 2.45) is 7.05 Å². The molecule has 7 nitrogen and oxygen atoms in total. The van der Waals surface area contributed by atoms with Crippen LogP contribution < -0.4 is 0 Å². The van der Waals surface area contributed by atoms with E-state index in [4.69, 9.17) is 9.84 Å². The summed E-state index contributed by atoms with van der Waals surface area (Å²) in [6.45, 7) is 2.87. The second-order valence-electron chi connectivity index (χ2n) is 4.07. The van der Waals surface area contributed by atoms with Crippen molar-refractivity contribution in [2.75, 3.05) is 13.2 Å². The molecule has 0 fully saturated rings. The summed E-state index contributed by atoms with van der Waals surface area (Å²) in [5, 5.41) is 13.0. The number of hydrogen-bond acceptors (Lipinski definition) is 4. The van der Waals surface area contributed by atoms with E-state index in [0.29, 0.717) is 31.7 Å². The summed E-state index contributed by atoms with van der Waals surface area (Å²) in [6, 6.07) is 0. The molecule has 2 rings (SSSR count). The minimum Gasteiger partial charge on any atom is -0.476 e. The third-order valence-corrected chi connectivity index (χ3v) is 2.98. The van der Waals surface area contributed by atoms with Crippen molar-refractivity contribution >= 4 is 12.1 Å². The van der Waals surface area contributed by atoms with Gasteiger partial charge in [-0.15, -0.1) is 0 Å². The fourth-order valence-corrected chi connectivity index (χ4v) is 2.11. The number of ether oxygens (including phenoxy) is 1. The number of carboxylic acids is 1. The number of carbonyl (C=O) groups is 2. The first-order valence-electron chi connectivity index (χ1n) is 5.74. The largest absolute Gasteiger partial charge is 0.476 e. The van der Waals surface area contributed by atoms with Gasteiger partial charge in [0, 0.05) is 19.2 Å². The number of nitrogens with zero attached hydrogens (tertiary/aromatic N) is 3. The molecule has 7 heteroatoms. The predicted octanol–water partition coefficient (Wildman–Crippen LogP) is 0.633. The molecule has 1 aromatic heterocycles. The van der Waals surface area contributed by atoms with Crippen LogP contribution in [-0.2, 0) is 24.8 Å². The summed E-state index contributed by atoms with van der Waals surface area (Å²) in [4.78, 5) is 24.2. The van der Waals surface area contributed by atoms with Crippen molar-refractivity contribution in [3.8, 4) is 0 Å². The van der Waals surface area contributed by atoms with Crippen molar-refractivity contribution in [1.29, 1.82) is 0 Å². The smallest absolute Gasteiger partial charge is 0.410 e. The Bertz CT molecular complexity index is 495. The maximum Gasteiger partial charge on any atom is 0.410 e. The Morgan fingerprint density at radius 3 is 2.83 bits per heavy atom. The molecule has 1 aromatic rings. The zero-order valence-electron chi connectivity index (χ0n) is 10.3. The van der Waals surface area contributed by atoms with Gasteiger partial charge in [-0.2, -0.15) is 5.10 Å². The highest BCUT2D eigenvalue weighted by Gasteiger charge is 2.29. The van der Waals surface area contributed by atoms with Gasteiger partial charge in [-0.1, -0.05) is 0 Å². The molecule has 98 valence electrons. The second kappa shape index (κ2) is 4.67. The van der Waals surface area contributed by atoms with E-state index in [9.17, 15) is 9.59 Å². The molecule has 0 radical (unpaired) electrons. The molecule has 0 aliphatic carbocycles. The topological polar surface area (TPSA) is 84.7 Å². The lowest BCUT2D eigenvalue weighted by atomic mass is 10.0. The number of hydrogen-bond donors (Lipinski definition) is 1. The molecule has 0 bridgehead atoms. The fourth-order valence-electron chi connectivity index (χ4n) is 2.11. The zero-order valence-corrected chi connectivity index (χ0v) is 10.3. The van der Waals surface area contributed by atoms with Crippen molar-refractivity contribution in [3.63, 3.8) is 0 Å². The summed E-state index contributed by atoms with van der Waals surface area (Å²) < 4.78 is 6.45. The maximum atomic E-state index is 11.6. The van der Waals surface area contributed by atoms with Crippen LogP contribution in [0.3, 0.4) is 0 Å². The van der Waals surface area contributed by atoms with Crippen LogP contribution in [0.2, 0.25) is 0 Å². The molecule has 0 saturated heterocycles. The molecule has 0 aromatic carbocycles. The van der Waals surface area contributed by atoms with Crippen LogP contribution in [0.1, 0.15) is 28.7 Å². The molecule has 1 N–H and O–H groups in total. The van der Waals surface area contributed by atoms with Gasteiger partial charge in [-0.05, 0) is 13.3 Å². The van der Waals surface area contributed by atoms with E-state index in [1.165, 1.54) is 4.68 Å². The van der Waals surface area contributed by atoms with E-state index < -0.39 is 5.97 Å². The molecule has 0 spiro atoms. The minimum atomic E-state index is -1.03. The third-order valence-electron chi connectivity index (χ3n) is 2.98. The number of carboxylic acid groups (broad SMARTS) is 1. The number of amides is 1. The number of fused-ring (bicyclic) bond motifs is 1. The van der Waals surface area contributed by atoms with Gasteiger partial charge in [-0.3, -0.25) is 4.68 Å². The summed E-state index contributed by atoms with van der Waals surface area (Å²) in [5.41, 5.74) is 1.55. The zero-order chi connectivity index (χ0) is 13.3. The quantitative estimate of drug-likeness (QED) is 0.835. The summed E-state index contributed by atoms with van der Waals surface area (Å²) >= 11 is 0. The van der Waals surface area contributed by atoms with Gasteiger partial charge in [0.25, 0.3) is 0 Å². The Morgan fingerprint density at radius 1 is 1.50 bits per heavy atom. The van der Waals surface area contributed by atoms with E-state index in [1.807, 2.05) is 0 Å². The van der Waals surface area contributed by atoms with Gasteiger partial charge >= 0.3 is 12.1 Å². The van der Waals surface area contributed by atoms with Crippen molar-refractivity contribution in [3.05, 3.63) is 17.0 Å². The van der Waals surface area contributed by atoms with Gasteiger partial charge in [0.2, 0.25) is 0 Å². The fraction of sp³-hybridized carbons (Fsp3) is 0.545. The van der Waals surface area contributed by atoms with Crippen LogP contribution in [0.15, 0.2) is 0 Å². The summed E-state index contributed by atoms with van der Waals surface area (Å²) in [7, 11) is 1.68. The Morgan fingerprint density at radius 2 is 2.22 bits per heavy atom. The van der Waals surface area contributed by atoms with Crippen molar-refractivity contribution in [1.82, 2.24) is 14.7 Å². The molecule has 1 aliphatic heterocycles. The average Bonchev–Trinajstić information content (AvgIpc) is 2.67. The van der Waals surface area contributed by atoms with Gasteiger partial charge in [0.1, 0.15) is 0 Å². The van der Waals surface area contributed by atoms with Crippen LogP contribution in [-0.4, -0.2) is 45.0 Å². The molecule has 0 saturated carbocycles. The van der Waals surface area contributed by atoms with E-state index >= 15 is 0 Å². The number of aryl methyl sites for hydroxylation is 1.